The molecule has 0 unspecified atom stereocenters. The molecule has 0 fully saturated rings. The summed E-state index contributed by atoms with van der Waals surface area (Å²) >= 11 is 4.80. The SMILES string of the molecule is CCOC(=O)N1CCc2c(sc3c2C(=O)N[C@@H](c2cc(Br)c(O)c(OC)c2)N3)C1. The van der Waals surface area contributed by atoms with Crippen LogP contribution in [0.15, 0.2) is 16.6 Å². The Hall–Kier alpha value is -2.46. The van der Waals surface area contributed by atoms with E-state index in [1.54, 1.807) is 24.0 Å². The van der Waals surface area contributed by atoms with Crippen LogP contribution in [0.3, 0.4) is 0 Å². The zero-order chi connectivity index (χ0) is 20.7. The van der Waals surface area contributed by atoms with Crippen molar-refractivity contribution in [1.29, 1.82) is 0 Å². The average Bonchev–Trinajstić information content (AvgIpc) is 3.08. The van der Waals surface area contributed by atoms with Crippen molar-refractivity contribution in [3.63, 3.8) is 0 Å². The summed E-state index contributed by atoms with van der Waals surface area (Å²) < 4.78 is 10.8. The van der Waals surface area contributed by atoms with Crippen LogP contribution in [0, 0.1) is 0 Å². The minimum atomic E-state index is -0.470. The molecule has 0 bridgehead atoms. The second-order valence-electron chi connectivity index (χ2n) is 6.68. The number of benzene rings is 1. The van der Waals surface area contributed by atoms with Crippen molar-refractivity contribution >= 4 is 44.3 Å². The molecule has 1 aromatic carbocycles. The average molecular weight is 482 g/mol. The number of hydrogen-bond acceptors (Lipinski definition) is 7. The molecular weight excluding hydrogens is 462 g/mol. The second kappa shape index (κ2) is 7.75. The number of carbonyl (C=O) groups is 2. The van der Waals surface area contributed by atoms with Gasteiger partial charge in [0, 0.05) is 11.4 Å². The smallest absolute Gasteiger partial charge is 0.410 e. The quantitative estimate of drug-likeness (QED) is 0.619. The third-order valence-electron chi connectivity index (χ3n) is 4.96. The van der Waals surface area contributed by atoms with Gasteiger partial charge < -0.3 is 30.1 Å². The predicted octanol–water partition coefficient (Wildman–Crippen LogP) is 3.59. The minimum absolute atomic E-state index is 0.00437. The molecule has 0 aliphatic carbocycles. The standard InChI is InChI=1S/C19H20BrN3O5S/c1-3-28-19(26)23-5-4-10-13(8-23)29-18-14(10)17(25)21-16(22-18)9-6-11(20)15(24)12(7-9)27-2/h6-7,16,22,24H,3-5,8H2,1-2H3,(H,21,25)/t16-/m1/s1. The lowest BCUT2D eigenvalue weighted by Crippen LogP contribution is -2.39. The number of hydrogen-bond donors (Lipinski definition) is 3. The van der Waals surface area contributed by atoms with Gasteiger partial charge >= 0.3 is 6.09 Å². The molecule has 0 saturated heterocycles. The molecule has 2 aromatic rings. The number of carbonyl (C=O) groups excluding carboxylic acids is 2. The first-order valence-electron chi connectivity index (χ1n) is 9.13. The van der Waals surface area contributed by atoms with Gasteiger partial charge in [-0.25, -0.2) is 4.79 Å². The Morgan fingerprint density at radius 2 is 2.21 bits per heavy atom. The number of nitrogens with zero attached hydrogens (tertiary/aromatic N) is 1. The molecular formula is C19H20BrN3O5S. The third-order valence-corrected chi connectivity index (χ3v) is 6.72. The molecule has 3 N–H and O–H groups in total. The zero-order valence-electron chi connectivity index (χ0n) is 15.9. The van der Waals surface area contributed by atoms with Gasteiger partial charge in [-0.1, -0.05) is 0 Å². The number of thiophene rings is 1. The van der Waals surface area contributed by atoms with E-state index in [9.17, 15) is 14.7 Å². The van der Waals surface area contributed by atoms with Crippen LogP contribution >= 0.6 is 27.3 Å². The highest BCUT2D eigenvalue weighted by Gasteiger charge is 2.34. The number of amides is 2. The Kier molecular flexibility index (Phi) is 5.30. The van der Waals surface area contributed by atoms with Crippen LogP contribution in [0.2, 0.25) is 0 Å². The lowest BCUT2D eigenvalue weighted by molar-refractivity contribution is 0.0934. The van der Waals surface area contributed by atoms with Crippen LogP contribution < -0.4 is 15.4 Å². The molecule has 0 saturated carbocycles. The van der Waals surface area contributed by atoms with Crippen LogP contribution in [0.5, 0.6) is 11.5 Å². The molecule has 0 spiro atoms. The Labute approximate surface area is 179 Å². The van der Waals surface area contributed by atoms with E-state index in [4.69, 9.17) is 9.47 Å². The van der Waals surface area contributed by atoms with Gasteiger partial charge in [0.2, 0.25) is 0 Å². The molecule has 154 valence electrons. The number of ether oxygens (including phenoxy) is 2. The van der Waals surface area contributed by atoms with Gasteiger partial charge in [-0.2, -0.15) is 0 Å². The number of phenols is 1. The van der Waals surface area contributed by atoms with Crippen molar-refractivity contribution in [3.05, 3.63) is 38.2 Å². The maximum absolute atomic E-state index is 12.9. The Balaban J connectivity index is 1.62. The summed E-state index contributed by atoms with van der Waals surface area (Å²) in [6.45, 7) is 3.07. The highest BCUT2D eigenvalue weighted by molar-refractivity contribution is 9.10. The van der Waals surface area contributed by atoms with E-state index in [0.29, 0.717) is 41.9 Å². The lowest BCUT2D eigenvalue weighted by Gasteiger charge is -2.28. The van der Waals surface area contributed by atoms with Crippen LogP contribution in [0.1, 0.15) is 39.5 Å². The first-order valence-corrected chi connectivity index (χ1v) is 10.7. The highest BCUT2D eigenvalue weighted by Crippen LogP contribution is 2.42. The monoisotopic (exact) mass is 481 g/mol. The van der Waals surface area contributed by atoms with Crippen molar-refractivity contribution in [2.75, 3.05) is 25.6 Å². The van der Waals surface area contributed by atoms with Gasteiger partial charge in [0.25, 0.3) is 5.91 Å². The number of phenolic OH excluding ortho intramolecular Hbond substituents is 1. The summed E-state index contributed by atoms with van der Waals surface area (Å²) in [5, 5.41) is 17.1. The highest BCUT2D eigenvalue weighted by atomic mass is 79.9. The normalized spacial score (nSPS) is 17.7. The van der Waals surface area contributed by atoms with Gasteiger partial charge in [-0.05, 0) is 52.5 Å². The fourth-order valence-corrected chi connectivity index (χ4v) is 5.32. The molecule has 0 radical (unpaired) electrons. The summed E-state index contributed by atoms with van der Waals surface area (Å²) in [5.74, 6) is 0.158. The molecule has 29 heavy (non-hydrogen) atoms. The minimum Gasteiger partial charge on any atom is -0.503 e. The lowest BCUT2D eigenvalue weighted by atomic mass is 10.0. The van der Waals surface area contributed by atoms with E-state index in [1.165, 1.54) is 18.4 Å². The van der Waals surface area contributed by atoms with E-state index < -0.39 is 6.17 Å². The number of anilines is 1. The molecule has 1 atom stereocenters. The van der Waals surface area contributed by atoms with E-state index in [-0.39, 0.29) is 17.7 Å². The van der Waals surface area contributed by atoms with E-state index in [0.717, 1.165) is 21.0 Å². The van der Waals surface area contributed by atoms with Gasteiger partial charge in [-0.15, -0.1) is 11.3 Å². The molecule has 4 rings (SSSR count). The van der Waals surface area contributed by atoms with Gasteiger partial charge in [0.1, 0.15) is 11.2 Å². The largest absolute Gasteiger partial charge is 0.503 e. The van der Waals surface area contributed by atoms with Gasteiger partial charge in [0.15, 0.2) is 11.5 Å². The fraction of sp³-hybridized carbons (Fsp3) is 0.368. The van der Waals surface area contributed by atoms with Crippen molar-refractivity contribution in [1.82, 2.24) is 10.2 Å². The molecule has 2 aliphatic heterocycles. The second-order valence-corrected chi connectivity index (χ2v) is 8.64. The molecule has 3 heterocycles. The molecule has 8 nitrogen and oxygen atoms in total. The van der Waals surface area contributed by atoms with Crippen LogP contribution in [-0.4, -0.2) is 42.3 Å². The number of fused-ring (bicyclic) bond motifs is 3. The molecule has 2 amide bonds. The van der Waals surface area contributed by atoms with Gasteiger partial charge in [-0.3, -0.25) is 4.79 Å². The van der Waals surface area contributed by atoms with E-state index in [2.05, 4.69) is 26.6 Å². The summed E-state index contributed by atoms with van der Waals surface area (Å²) in [7, 11) is 1.47. The van der Waals surface area contributed by atoms with Crippen molar-refractivity contribution in [2.24, 2.45) is 0 Å². The number of rotatable bonds is 3. The first kappa shape index (κ1) is 19.8. The first-order chi connectivity index (χ1) is 13.9. The Morgan fingerprint density at radius 1 is 1.41 bits per heavy atom. The van der Waals surface area contributed by atoms with Crippen molar-refractivity contribution in [2.45, 2.75) is 26.1 Å². The summed E-state index contributed by atoms with van der Waals surface area (Å²) in [5.41, 5.74) is 2.37. The van der Waals surface area contributed by atoms with E-state index in [1.807, 2.05) is 0 Å². The third kappa shape index (κ3) is 3.51. The van der Waals surface area contributed by atoms with Crippen LogP contribution in [0.25, 0.3) is 0 Å². The summed E-state index contributed by atoms with van der Waals surface area (Å²) in [6.07, 6.45) is -0.193. The molecule has 2 aliphatic rings. The molecule has 1 aromatic heterocycles. The topological polar surface area (TPSA) is 100 Å². The van der Waals surface area contributed by atoms with Crippen LogP contribution in [0.4, 0.5) is 9.80 Å². The zero-order valence-corrected chi connectivity index (χ0v) is 18.3. The number of aromatic hydroxyl groups is 1. The number of halogens is 1. The van der Waals surface area contributed by atoms with E-state index >= 15 is 0 Å². The maximum atomic E-state index is 12.9. The summed E-state index contributed by atoms with van der Waals surface area (Å²) in [6, 6.07) is 3.41. The number of nitrogens with one attached hydrogen (secondary N) is 2. The molecule has 10 heteroatoms. The Morgan fingerprint density at radius 3 is 2.93 bits per heavy atom. The van der Waals surface area contributed by atoms with Crippen LogP contribution in [-0.2, 0) is 17.7 Å². The predicted molar refractivity (Wildman–Crippen MR) is 112 cm³/mol. The summed E-state index contributed by atoms with van der Waals surface area (Å²) in [4.78, 5) is 27.6. The van der Waals surface area contributed by atoms with Gasteiger partial charge in [0.05, 0.1) is 30.3 Å². The fourth-order valence-electron chi connectivity index (χ4n) is 3.57. The maximum Gasteiger partial charge on any atom is 0.410 e. The van der Waals surface area contributed by atoms with Crippen molar-refractivity contribution < 1.29 is 24.2 Å². The number of methoxy groups -OCH3 is 1. The van der Waals surface area contributed by atoms with Crippen molar-refractivity contribution in [3.8, 4) is 11.5 Å². The Bertz CT molecular complexity index is 993.